The molecule has 4 aromatic rings. The molecule has 0 fully saturated rings. The van der Waals surface area contributed by atoms with Crippen LogP contribution in [0.15, 0.2) is 122 Å². The minimum atomic E-state index is -0.403. The summed E-state index contributed by atoms with van der Waals surface area (Å²) in [6.07, 6.45) is 0. The molecule has 0 aliphatic carbocycles. The Balaban J connectivity index is 1.39. The van der Waals surface area contributed by atoms with E-state index < -0.39 is 5.82 Å². The average molecular weight is 493 g/mol. The molecule has 0 aromatic heterocycles. The van der Waals surface area contributed by atoms with Crippen LogP contribution in [0, 0.1) is 5.82 Å². The first-order valence-corrected chi connectivity index (χ1v) is 12.9. The van der Waals surface area contributed by atoms with Crippen LogP contribution in [0.1, 0.15) is 15.9 Å². The van der Waals surface area contributed by atoms with Gasteiger partial charge in [0.25, 0.3) is 0 Å². The van der Waals surface area contributed by atoms with Gasteiger partial charge in [0.05, 0.1) is 6.61 Å². The summed E-state index contributed by atoms with van der Waals surface area (Å²) in [7, 11) is 0. The fraction of sp³-hybridized carbons (Fsp3) is 0.0741. The number of carbonyl (C=O) groups excluding carboxylic acids is 1. The first-order valence-electron chi connectivity index (χ1n) is 10.3. The fourth-order valence-electron chi connectivity index (χ4n) is 3.09. The van der Waals surface area contributed by atoms with E-state index in [2.05, 4.69) is 24.3 Å². The second-order valence-corrected chi connectivity index (χ2v) is 10.5. The number of aliphatic hydroxyl groups excluding tert-OH is 1. The number of hydrogen-bond donors (Lipinski definition) is 1. The number of ketones is 1. The van der Waals surface area contributed by atoms with Gasteiger partial charge in [-0.05, 0) is 66.7 Å². The summed E-state index contributed by atoms with van der Waals surface area (Å²) in [6, 6.07) is 29.8. The van der Waals surface area contributed by atoms with Crippen molar-refractivity contribution in [1.82, 2.24) is 0 Å². The highest BCUT2D eigenvalue weighted by Crippen LogP contribution is 2.34. The number of thioether (sulfide) groups is 1. The molecule has 0 spiro atoms. The second kappa shape index (κ2) is 11.6. The number of halogens is 1. The molecule has 4 aromatic carbocycles. The standard InChI is InChI=1S/C27H21FO2S3/c28-25-18-20(27(30)19-4-2-1-3-5-19)6-15-26(25)33-24-13-11-23(12-14-24)32-22-9-7-21(8-10-22)31-17-16-29/h1-15,18,29H,16-17H2. The van der Waals surface area contributed by atoms with E-state index in [9.17, 15) is 9.18 Å². The molecule has 0 aliphatic rings. The Morgan fingerprint density at radius 1 is 0.697 bits per heavy atom. The molecule has 0 saturated carbocycles. The summed E-state index contributed by atoms with van der Waals surface area (Å²) in [4.78, 5) is 17.3. The van der Waals surface area contributed by atoms with Gasteiger partial charge >= 0.3 is 0 Å². The van der Waals surface area contributed by atoms with Crippen molar-refractivity contribution in [2.75, 3.05) is 12.4 Å². The molecular weight excluding hydrogens is 471 g/mol. The zero-order chi connectivity index (χ0) is 23.0. The molecule has 33 heavy (non-hydrogen) atoms. The summed E-state index contributed by atoms with van der Waals surface area (Å²) in [6.45, 7) is 0.172. The molecule has 6 heteroatoms. The van der Waals surface area contributed by atoms with E-state index in [0.717, 1.165) is 19.6 Å². The molecule has 0 saturated heterocycles. The van der Waals surface area contributed by atoms with E-state index in [0.29, 0.717) is 21.8 Å². The van der Waals surface area contributed by atoms with Crippen LogP contribution >= 0.6 is 35.3 Å². The van der Waals surface area contributed by atoms with Crippen molar-refractivity contribution in [2.24, 2.45) is 0 Å². The quantitative estimate of drug-likeness (QED) is 0.194. The third-order valence-electron chi connectivity index (χ3n) is 4.70. The van der Waals surface area contributed by atoms with Crippen molar-refractivity contribution >= 4 is 41.1 Å². The van der Waals surface area contributed by atoms with Crippen LogP contribution in [0.4, 0.5) is 4.39 Å². The Kier molecular flexibility index (Phi) is 8.29. The monoisotopic (exact) mass is 492 g/mol. The first kappa shape index (κ1) is 23.6. The Bertz CT molecular complexity index is 1210. The van der Waals surface area contributed by atoms with E-state index in [4.69, 9.17) is 5.11 Å². The predicted octanol–water partition coefficient (Wildman–Crippen LogP) is 7.44. The topological polar surface area (TPSA) is 37.3 Å². The summed E-state index contributed by atoms with van der Waals surface area (Å²) in [5.74, 6) is 0.102. The molecular formula is C27H21FO2S3. The minimum Gasteiger partial charge on any atom is -0.396 e. The van der Waals surface area contributed by atoms with E-state index >= 15 is 0 Å². The Morgan fingerprint density at radius 2 is 1.27 bits per heavy atom. The molecule has 0 atom stereocenters. The van der Waals surface area contributed by atoms with Gasteiger partial charge in [-0.15, -0.1) is 11.8 Å². The lowest BCUT2D eigenvalue weighted by molar-refractivity contribution is 0.103. The molecule has 1 N–H and O–H groups in total. The first-order chi connectivity index (χ1) is 16.1. The molecule has 0 aliphatic heterocycles. The molecule has 166 valence electrons. The van der Waals surface area contributed by atoms with Crippen molar-refractivity contribution in [3.05, 3.63) is 114 Å². The highest BCUT2D eigenvalue weighted by atomic mass is 32.2. The number of aliphatic hydroxyl groups is 1. The van der Waals surface area contributed by atoms with Gasteiger partial charge in [0.15, 0.2) is 5.78 Å². The SMILES string of the molecule is O=C(c1ccccc1)c1ccc(Sc2ccc(Sc3ccc(SCCO)cc3)cc2)c(F)c1. The largest absolute Gasteiger partial charge is 0.396 e. The van der Waals surface area contributed by atoms with Crippen LogP contribution in [0.25, 0.3) is 0 Å². The van der Waals surface area contributed by atoms with Crippen LogP contribution in [-0.2, 0) is 0 Å². The Labute approximate surface area is 205 Å². The number of carbonyl (C=O) groups is 1. The van der Waals surface area contributed by atoms with Crippen molar-refractivity contribution in [1.29, 1.82) is 0 Å². The summed E-state index contributed by atoms with van der Waals surface area (Å²) < 4.78 is 14.7. The van der Waals surface area contributed by atoms with Gasteiger partial charge in [0.2, 0.25) is 0 Å². The Hall–Kier alpha value is -2.51. The molecule has 4 rings (SSSR count). The maximum Gasteiger partial charge on any atom is 0.193 e. The van der Waals surface area contributed by atoms with Crippen LogP contribution in [0.2, 0.25) is 0 Å². The van der Waals surface area contributed by atoms with Crippen LogP contribution < -0.4 is 0 Å². The number of hydrogen-bond acceptors (Lipinski definition) is 5. The summed E-state index contributed by atoms with van der Waals surface area (Å²) >= 11 is 4.63. The highest BCUT2D eigenvalue weighted by molar-refractivity contribution is 8.00. The maximum absolute atomic E-state index is 14.7. The van der Waals surface area contributed by atoms with Crippen LogP contribution in [0.3, 0.4) is 0 Å². The normalized spacial score (nSPS) is 10.8. The molecule has 0 radical (unpaired) electrons. The van der Waals surface area contributed by atoms with Crippen molar-refractivity contribution in [2.45, 2.75) is 24.5 Å². The van der Waals surface area contributed by atoms with Crippen molar-refractivity contribution < 1.29 is 14.3 Å². The van der Waals surface area contributed by atoms with Gasteiger partial charge < -0.3 is 5.11 Å². The second-order valence-electron chi connectivity index (χ2n) is 7.06. The van der Waals surface area contributed by atoms with Gasteiger partial charge in [-0.3, -0.25) is 4.79 Å². The molecule has 0 amide bonds. The lowest BCUT2D eigenvalue weighted by atomic mass is 10.0. The van der Waals surface area contributed by atoms with Gasteiger partial charge in [0.1, 0.15) is 5.82 Å². The summed E-state index contributed by atoms with van der Waals surface area (Å²) in [5, 5.41) is 8.92. The van der Waals surface area contributed by atoms with E-state index in [1.165, 1.54) is 17.8 Å². The van der Waals surface area contributed by atoms with E-state index in [1.54, 1.807) is 59.9 Å². The Morgan fingerprint density at radius 3 is 1.85 bits per heavy atom. The van der Waals surface area contributed by atoms with Crippen LogP contribution in [-0.4, -0.2) is 23.2 Å². The van der Waals surface area contributed by atoms with E-state index in [1.807, 2.05) is 30.3 Å². The van der Waals surface area contributed by atoms with Gasteiger partial charge in [0, 0.05) is 41.4 Å². The van der Waals surface area contributed by atoms with Crippen molar-refractivity contribution in [3.8, 4) is 0 Å². The highest BCUT2D eigenvalue weighted by Gasteiger charge is 2.12. The lowest BCUT2D eigenvalue weighted by Crippen LogP contribution is -2.01. The third kappa shape index (κ3) is 6.51. The minimum absolute atomic E-state index is 0.172. The zero-order valence-electron chi connectivity index (χ0n) is 17.6. The number of rotatable bonds is 9. The lowest BCUT2D eigenvalue weighted by Gasteiger charge is -2.07. The fourth-order valence-corrected chi connectivity index (χ4v) is 5.38. The molecule has 0 unspecified atom stereocenters. The molecule has 0 heterocycles. The third-order valence-corrected chi connectivity index (χ3v) is 7.77. The predicted molar refractivity (Wildman–Crippen MR) is 135 cm³/mol. The van der Waals surface area contributed by atoms with Crippen LogP contribution in [0.5, 0.6) is 0 Å². The van der Waals surface area contributed by atoms with E-state index in [-0.39, 0.29) is 12.4 Å². The van der Waals surface area contributed by atoms with Gasteiger partial charge in [-0.1, -0.05) is 53.9 Å². The van der Waals surface area contributed by atoms with Gasteiger partial charge in [-0.25, -0.2) is 4.39 Å². The molecule has 2 nitrogen and oxygen atoms in total. The summed E-state index contributed by atoms with van der Waals surface area (Å²) in [5.41, 5.74) is 0.888. The maximum atomic E-state index is 14.7. The zero-order valence-corrected chi connectivity index (χ0v) is 20.1. The smallest absolute Gasteiger partial charge is 0.193 e. The number of benzene rings is 4. The van der Waals surface area contributed by atoms with Gasteiger partial charge in [-0.2, -0.15) is 0 Å². The average Bonchev–Trinajstić information content (AvgIpc) is 2.86. The molecule has 0 bridgehead atoms. The van der Waals surface area contributed by atoms with Crippen molar-refractivity contribution in [3.63, 3.8) is 0 Å².